The minimum absolute atomic E-state index is 0.250. The molecule has 1 aromatic carbocycles. The molecule has 0 amide bonds. The van der Waals surface area contributed by atoms with Crippen molar-refractivity contribution in [3.63, 3.8) is 0 Å². The maximum atomic E-state index is 12.6. The maximum absolute atomic E-state index is 12.6. The van der Waals surface area contributed by atoms with Crippen LogP contribution in [0.15, 0.2) is 41.3 Å². The molecule has 0 aliphatic carbocycles. The van der Waals surface area contributed by atoms with Gasteiger partial charge in [-0.1, -0.05) is 24.3 Å². The van der Waals surface area contributed by atoms with Gasteiger partial charge in [0, 0.05) is 10.9 Å². The number of aromatic amines is 1. The molecule has 0 bridgehead atoms. The standard InChI is InChI=1S/C20H24N3O5P/c1-4-27-29(25,28-5-2)11-10-14-6-8-15(9-7-14)17-12-16-13-21-23-19(24)18(16)20(22-17)26-3/h6-9,12-13H,4-5,10-11H2,1-3H3,(H,23,24). The van der Waals surface area contributed by atoms with Crippen LogP contribution < -0.4 is 10.3 Å². The minimum atomic E-state index is -3.07. The van der Waals surface area contributed by atoms with Gasteiger partial charge >= 0.3 is 7.60 Å². The number of aromatic nitrogens is 3. The molecule has 2 aromatic heterocycles. The largest absolute Gasteiger partial charge is 0.480 e. The Morgan fingerprint density at radius 2 is 1.79 bits per heavy atom. The number of aryl methyl sites for hydroxylation is 1. The first kappa shape index (κ1) is 21.2. The predicted octanol–water partition coefficient (Wildman–Crippen LogP) is 3.80. The van der Waals surface area contributed by atoms with E-state index in [2.05, 4.69) is 15.2 Å². The molecule has 0 atom stereocenters. The summed E-state index contributed by atoms with van der Waals surface area (Å²) in [4.78, 5) is 16.5. The van der Waals surface area contributed by atoms with Crippen molar-refractivity contribution in [3.8, 4) is 17.1 Å². The Balaban J connectivity index is 1.83. The topological polar surface area (TPSA) is 103 Å². The fourth-order valence-corrected chi connectivity index (χ4v) is 4.70. The monoisotopic (exact) mass is 417 g/mol. The van der Waals surface area contributed by atoms with Gasteiger partial charge in [0.05, 0.1) is 38.4 Å². The Bertz CT molecular complexity index is 1070. The lowest BCUT2D eigenvalue weighted by atomic mass is 10.1. The number of nitrogens with zero attached hydrogens (tertiary/aromatic N) is 2. The molecule has 1 N–H and O–H groups in total. The first-order valence-electron chi connectivity index (χ1n) is 9.39. The van der Waals surface area contributed by atoms with E-state index in [0.717, 1.165) is 11.1 Å². The van der Waals surface area contributed by atoms with E-state index in [-0.39, 0.29) is 11.4 Å². The van der Waals surface area contributed by atoms with E-state index < -0.39 is 7.60 Å². The van der Waals surface area contributed by atoms with Gasteiger partial charge in [-0.25, -0.2) is 10.1 Å². The van der Waals surface area contributed by atoms with E-state index >= 15 is 0 Å². The van der Waals surface area contributed by atoms with E-state index in [1.54, 1.807) is 26.1 Å². The van der Waals surface area contributed by atoms with E-state index in [9.17, 15) is 9.36 Å². The van der Waals surface area contributed by atoms with Crippen LogP contribution in [0.2, 0.25) is 0 Å². The van der Waals surface area contributed by atoms with Gasteiger partial charge in [0.15, 0.2) is 0 Å². The zero-order valence-electron chi connectivity index (χ0n) is 16.7. The number of ether oxygens (including phenoxy) is 1. The van der Waals surface area contributed by atoms with Crippen molar-refractivity contribution in [2.75, 3.05) is 26.5 Å². The third-order valence-corrected chi connectivity index (χ3v) is 6.46. The fraction of sp³-hybridized carbons (Fsp3) is 0.350. The van der Waals surface area contributed by atoms with Crippen LogP contribution in [0.1, 0.15) is 19.4 Å². The van der Waals surface area contributed by atoms with Crippen molar-refractivity contribution in [1.29, 1.82) is 0 Å². The minimum Gasteiger partial charge on any atom is -0.480 e. The molecule has 154 valence electrons. The maximum Gasteiger partial charge on any atom is 0.330 e. The molecule has 29 heavy (non-hydrogen) atoms. The highest BCUT2D eigenvalue weighted by Gasteiger charge is 2.23. The lowest BCUT2D eigenvalue weighted by Gasteiger charge is -2.16. The van der Waals surface area contributed by atoms with Crippen molar-refractivity contribution in [2.24, 2.45) is 0 Å². The summed E-state index contributed by atoms with van der Waals surface area (Å²) in [6.07, 6.45) is 2.47. The first-order chi connectivity index (χ1) is 14.0. The van der Waals surface area contributed by atoms with E-state index in [1.165, 1.54) is 7.11 Å². The highest BCUT2D eigenvalue weighted by atomic mass is 31.2. The summed E-state index contributed by atoms with van der Waals surface area (Å²) in [5.41, 5.74) is 2.20. The Labute approximate surface area is 168 Å². The molecule has 0 aliphatic rings. The number of methoxy groups -OCH3 is 1. The molecular formula is C20H24N3O5P. The summed E-state index contributed by atoms with van der Waals surface area (Å²) >= 11 is 0. The van der Waals surface area contributed by atoms with E-state index in [1.807, 2.05) is 24.3 Å². The molecular weight excluding hydrogens is 393 g/mol. The Hall–Kier alpha value is -2.54. The molecule has 3 rings (SSSR count). The Morgan fingerprint density at radius 1 is 1.10 bits per heavy atom. The average molecular weight is 417 g/mol. The van der Waals surface area contributed by atoms with Crippen LogP contribution in [0.25, 0.3) is 22.0 Å². The number of rotatable bonds is 9. The third kappa shape index (κ3) is 4.90. The predicted molar refractivity (Wildman–Crippen MR) is 112 cm³/mol. The first-order valence-corrected chi connectivity index (χ1v) is 11.1. The van der Waals surface area contributed by atoms with Crippen LogP contribution in [-0.4, -0.2) is 41.7 Å². The fourth-order valence-electron chi connectivity index (χ4n) is 3.05. The molecule has 0 aliphatic heterocycles. The number of hydrogen-bond donors (Lipinski definition) is 1. The normalized spacial score (nSPS) is 11.7. The molecule has 0 fully saturated rings. The number of benzene rings is 1. The number of fused-ring (bicyclic) bond motifs is 1. The molecule has 8 nitrogen and oxygen atoms in total. The van der Waals surface area contributed by atoms with Crippen LogP contribution in [0.5, 0.6) is 5.88 Å². The van der Waals surface area contributed by atoms with E-state index in [4.69, 9.17) is 13.8 Å². The highest BCUT2D eigenvalue weighted by Crippen LogP contribution is 2.48. The van der Waals surface area contributed by atoms with Gasteiger partial charge in [-0.15, -0.1) is 0 Å². The van der Waals surface area contributed by atoms with Gasteiger partial charge in [0.2, 0.25) is 5.88 Å². The number of hydrogen-bond acceptors (Lipinski definition) is 7. The summed E-state index contributed by atoms with van der Waals surface area (Å²) in [6.45, 7) is 4.30. The molecule has 9 heteroatoms. The van der Waals surface area contributed by atoms with Crippen molar-refractivity contribution < 1.29 is 18.3 Å². The van der Waals surface area contributed by atoms with E-state index in [0.29, 0.717) is 42.3 Å². The summed E-state index contributed by atoms with van der Waals surface area (Å²) in [6, 6.07) is 9.55. The number of pyridine rings is 1. The second-order valence-electron chi connectivity index (χ2n) is 6.30. The lowest BCUT2D eigenvalue weighted by Crippen LogP contribution is -2.10. The number of H-pyrrole nitrogens is 1. The van der Waals surface area contributed by atoms with Gasteiger partial charge in [0.25, 0.3) is 5.56 Å². The molecule has 0 unspecified atom stereocenters. The van der Waals surface area contributed by atoms with Gasteiger partial charge < -0.3 is 13.8 Å². The number of nitrogens with one attached hydrogen (secondary N) is 1. The molecule has 0 saturated carbocycles. The van der Waals surface area contributed by atoms with Crippen molar-refractivity contribution in [1.82, 2.24) is 15.2 Å². The van der Waals surface area contributed by atoms with Crippen molar-refractivity contribution in [2.45, 2.75) is 20.3 Å². The van der Waals surface area contributed by atoms with Crippen LogP contribution >= 0.6 is 7.60 Å². The Kier molecular flexibility index (Phi) is 6.79. The quantitative estimate of drug-likeness (QED) is 0.528. The van der Waals surface area contributed by atoms with Crippen LogP contribution in [-0.2, 0) is 20.0 Å². The highest BCUT2D eigenvalue weighted by molar-refractivity contribution is 7.53. The van der Waals surface area contributed by atoms with Crippen LogP contribution in [0.3, 0.4) is 0 Å². The average Bonchev–Trinajstić information content (AvgIpc) is 2.72. The summed E-state index contributed by atoms with van der Waals surface area (Å²) in [7, 11) is -1.59. The van der Waals surface area contributed by atoms with Crippen molar-refractivity contribution >= 4 is 18.4 Å². The second kappa shape index (κ2) is 9.31. The SMILES string of the molecule is CCOP(=O)(CCc1ccc(-c2cc3cn[nH]c(=O)c3c(OC)n2)cc1)OCC. The molecule has 0 spiro atoms. The lowest BCUT2D eigenvalue weighted by molar-refractivity contribution is 0.220. The smallest absolute Gasteiger partial charge is 0.330 e. The summed E-state index contributed by atoms with van der Waals surface area (Å²) in [5.74, 6) is 0.250. The van der Waals surface area contributed by atoms with Crippen LogP contribution in [0.4, 0.5) is 0 Å². The zero-order valence-corrected chi connectivity index (χ0v) is 17.6. The Morgan fingerprint density at radius 3 is 2.41 bits per heavy atom. The molecule has 0 radical (unpaired) electrons. The molecule has 3 aromatic rings. The summed E-state index contributed by atoms with van der Waals surface area (Å²) < 4.78 is 28.6. The van der Waals surface area contributed by atoms with Crippen molar-refractivity contribution in [3.05, 3.63) is 52.4 Å². The zero-order chi connectivity index (χ0) is 20.9. The third-order valence-electron chi connectivity index (χ3n) is 4.38. The second-order valence-corrected chi connectivity index (χ2v) is 8.48. The van der Waals surface area contributed by atoms with Gasteiger partial charge in [0.1, 0.15) is 5.39 Å². The van der Waals surface area contributed by atoms with Gasteiger partial charge in [-0.2, -0.15) is 5.10 Å². The van der Waals surface area contributed by atoms with Gasteiger partial charge in [-0.05, 0) is 31.9 Å². The summed E-state index contributed by atoms with van der Waals surface area (Å²) in [5, 5.41) is 7.25. The van der Waals surface area contributed by atoms with Crippen LogP contribution in [0, 0.1) is 0 Å². The van der Waals surface area contributed by atoms with Gasteiger partial charge in [-0.3, -0.25) is 9.36 Å². The molecule has 0 saturated heterocycles. The molecule has 2 heterocycles.